The summed E-state index contributed by atoms with van der Waals surface area (Å²) in [7, 11) is 0. The molecule has 0 unspecified atom stereocenters. The molecule has 0 aromatic heterocycles. The van der Waals surface area contributed by atoms with E-state index in [1.165, 1.54) is 0 Å². The first kappa shape index (κ1) is 12.3. The molecule has 2 aromatic rings. The van der Waals surface area contributed by atoms with E-state index in [9.17, 15) is 0 Å². The van der Waals surface area contributed by atoms with Crippen LogP contribution in [0.25, 0.3) is 0 Å². The van der Waals surface area contributed by atoms with E-state index in [0.29, 0.717) is 5.75 Å². The molecule has 2 rings (SSSR count). The van der Waals surface area contributed by atoms with Crippen LogP contribution >= 0.6 is 31.9 Å². The molecule has 0 spiro atoms. The molecule has 0 atom stereocenters. The summed E-state index contributed by atoms with van der Waals surface area (Å²) in [5.74, 6) is 0.322. The highest BCUT2D eigenvalue weighted by molar-refractivity contribution is 9.13. The highest BCUT2D eigenvalue weighted by Gasteiger charge is 1.88. The number of rotatable bonds is 0. The van der Waals surface area contributed by atoms with Crippen molar-refractivity contribution in [3.8, 4) is 5.75 Å². The third kappa shape index (κ3) is 5.00. The van der Waals surface area contributed by atoms with Crippen LogP contribution in [0.3, 0.4) is 0 Å². The van der Waals surface area contributed by atoms with E-state index in [2.05, 4.69) is 31.9 Å². The minimum absolute atomic E-state index is 0.322. The van der Waals surface area contributed by atoms with Gasteiger partial charge in [-0.1, -0.05) is 30.3 Å². The van der Waals surface area contributed by atoms with Crippen LogP contribution in [0.2, 0.25) is 0 Å². The zero-order chi connectivity index (χ0) is 11.1. The molecule has 78 valence electrons. The number of para-hydroxylation sites is 1. The van der Waals surface area contributed by atoms with E-state index in [1.807, 2.05) is 30.3 Å². The summed E-state index contributed by atoms with van der Waals surface area (Å²) in [6.45, 7) is 0. The highest BCUT2D eigenvalue weighted by atomic mass is 79.9. The molecule has 3 heteroatoms. The summed E-state index contributed by atoms with van der Waals surface area (Å²) in [6.07, 6.45) is 0. The number of aromatic hydroxyl groups is 1. The molecule has 0 amide bonds. The predicted octanol–water partition coefficient (Wildman–Crippen LogP) is 4.60. The lowest BCUT2D eigenvalue weighted by atomic mass is 10.3. The van der Waals surface area contributed by atoms with Crippen molar-refractivity contribution in [1.29, 1.82) is 0 Å². The normalized spacial score (nSPS) is 8.93. The lowest BCUT2D eigenvalue weighted by Gasteiger charge is -1.89. The minimum Gasteiger partial charge on any atom is -0.508 e. The molecule has 0 radical (unpaired) electrons. The third-order valence-electron chi connectivity index (χ3n) is 1.58. The Balaban J connectivity index is 0.000000151. The quantitative estimate of drug-likeness (QED) is 0.748. The second-order valence-corrected chi connectivity index (χ2v) is 4.46. The van der Waals surface area contributed by atoms with Crippen LogP contribution in [0.1, 0.15) is 0 Å². The Labute approximate surface area is 106 Å². The third-order valence-corrected chi connectivity index (χ3v) is 3.50. The van der Waals surface area contributed by atoms with Crippen molar-refractivity contribution in [1.82, 2.24) is 0 Å². The van der Waals surface area contributed by atoms with E-state index in [1.54, 1.807) is 24.3 Å². The summed E-state index contributed by atoms with van der Waals surface area (Å²) in [5.41, 5.74) is 0. The van der Waals surface area contributed by atoms with Gasteiger partial charge < -0.3 is 5.11 Å². The van der Waals surface area contributed by atoms with Gasteiger partial charge in [0.15, 0.2) is 0 Å². The molecule has 1 nitrogen and oxygen atoms in total. The largest absolute Gasteiger partial charge is 0.508 e. The van der Waals surface area contributed by atoms with Gasteiger partial charge in [0.05, 0.1) is 0 Å². The number of phenolic OH excluding ortho intramolecular Hbond substituents is 1. The van der Waals surface area contributed by atoms with Crippen LogP contribution in [-0.2, 0) is 0 Å². The average Bonchev–Trinajstić information content (AvgIpc) is 2.25. The molecule has 1 N–H and O–H groups in total. The second-order valence-electron chi connectivity index (χ2n) is 2.75. The van der Waals surface area contributed by atoms with Crippen molar-refractivity contribution in [2.24, 2.45) is 0 Å². The van der Waals surface area contributed by atoms with Crippen molar-refractivity contribution in [3.63, 3.8) is 0 Å². The maximum atomic E-state index is 8.63. The smallest absolute Gasteiger partial charge is 0.115 e. The van der Waals surface area contributed by atoms with Gasteiger partial charge in [0.2, 0.25) is 0 Å². The summed E-state index contributed by atoms with van der Waals surface area (Å²) >= 11 is 6.70. The zero-order valence-corrected chi connectivity index (χ0v) is 11.1. The van der Waals surface area contributed by atoms with Crippen LogP contribution in [0.4, 0.5) is 0 Å². The Morgan fingerprint density at radius 1 is 0.667 bits per heavy atom. The van der Waals surface area contributed by atoms with Crippen LogP contribution < -0.4 is 0 Å². The van der Waals surface area contributed by atoms with Gasteiger partial charge in [0.1, 0.15) is 5.75 Å². The topological polar surface area (TPSA) is 20.2 Å². The maximum absolute atomic E-state index is 8.63. The van der Waals surface area contributed by atoms with E-state index in [0.717, 1.165) is 8.95 Å². The lowest BCUT2D eigenvalue weighted by molar-refractivity contribution is 0.475. The molecule has 0 fully saturated rings. The first-order chi connectivity index (χ1) is 7.20. The van der Waals surface area contributed by atoms with Gasteiger partial charge in [-0.25, -0.2) is 0 Å². The molecule has 2 aromatic carbocycles. The van der Waals surface area contributed by atoms with Crippen molar-refractivity contribution in [2.45, 2.75) is 0 Å². The summed E-state index contributed by atoms with van der Waals surface area (Å²) in [4.78, 5) is 0. The second kappa shape index (κ2) is 6.64. The van der Waals surface area contributed by atoms with Gasteiger partial charge >= 0.3 is 0 Å². The van der Waals surface area contributed by atoms with Crippen LogP contribution in [0.15, 0.2) is 63.5 Å². The molecule has 0 heterocycles. The van der Waals surface area contributed by atoms with E-state index < -0.39 is 0 Å². The number of halogens is 2. The first-order valence-corrected chi connectivity index (χ1v) is 5.93. The molecule has 0 aliphatic carbocycles. The van der Waals surface area contributed by atoms with Gasteiger partial charge in [-0.2, -0.15) is 0 Å². The van der Waals surface area contributed by atoms with E-state index >= 15 is 0 Å². The standard InChI is InChI=1S/C6H4Br2.C6H6O/c7-5-3-1-2-4-6(5)8;7-6-4-2-1-3-5-6/h1-4H;1-5,7H. The monoisotopic (exact) mass is 328 g/mol. The molecule has 0 bridgehead atoms. The fourth-order valence-corrected chi connectivity index (χ4v) is 1.44. The average molecular weight is 330 g/mol. The van der Waals surface area contributed by atoms with Crippen molar-refractivity contribution in [2.75, 3.05) is 0 Å². The molecule has 0 saturated carbocycles. The maximum Gasteiger partial charge on any atom is 0.115 e. The first-order valence-electron chi connectivity index (χ1n) is 4.34. The molecule has 0 aliphatic rings. The zero-order valence-electron chi connectivity index (χ0n) is 7.90. The summed E-state index contributed by atoms with van der Waals surface area (Å²) in [6, 6.07) is 16.7. The van der Waals surface area contributed by atoms with Gasteiger partial charge in [-0.15, -0.1) is 0 Å². The van der Waals surface area contributed by atoms with Gasteiger partial charge in [-0.3, -0.25) is 0 Å². The van der Waals surface area contributed by atoms with Crippen LogP contribution in [-0.4, -0.2) is 5.11 Å². The van der Waals surface area contributed by atoms with E-state index in [4.69, 9.17) is 5.11 Å². The number of hydrogen-bond acceptors (Lipinski definition) is 1. The molecule has 0 saturated heterocycles. The molecule has 15 heavy (non-hydrogen) atoms. The summed E-state index contributed by atoms with van der Waals surface area (Å²) < 4.78 is 2.19. The predicted molar refractivity (Wildman–Crippen MR) is 69.9 cm³/mol. The Hall–Kier alpha value is -0.800. The SMILES string of the molecule is Brc1ccccc1Br.Oc1ccccc1. The highest BCUT2D eigenvalue weighted by Crippen LogP contribution is 2.20. The Morgan fingerprint density at radius 3 is 1.33 bits per heavy atom. The van der Waals surface area contributed by atoms with Gasteiger partial charge in [0.25, 0.3) is 0 Å². The van der Waals surface area contributed by atoms with Crippen molar-refractivity contribution >= 4 is 31.9 Å². The summed E-state index contributed by atoms with van der Waals surface area (Å²) in [5, 5.41) is 8.63. The van der Waals surface area contributed by atoms with Crippen LogP contribution in [0, 0.1) is 0 Å². The Kier molecular flexibility index (Phi) is 5.43. The van der Waals surface area contributed by atoms with Crippen molar-refractivity contribution < 1.29 is 5.11 Å². The Bertz CT molecular complexity index is 380. The number of phenols is 1. The van der Waals surface area contributed by atoms with Crippen molar-refractivity contribution in [3.05, 3.63) is 63.5 Å². The molecular formula is C12H10Br2O. The molecule has 0 aliphatic heterocycles. The fraction of sp³-hybridized carbons (Fsp3) is 0. The lowest BCUT2D eigenvalue weighted by Crippen LogP contribution is -1.63. The molecular weight excluding hydrogens is 320 g/mol. The fourth-order valence-electron chi connectivity index (χ4n) is 0.867. The Morgan fingerprint density at radius 2 is 1.07 bits per heavy atom. The number of hydrogen-bond donors (Lipinski definition) is 1. The van der Waals surface area contributed by atoms with Gasteiger partial charge in [-0.05, 0) is 56.1 Å². The number of benzene rings is 2. The van der Waals surface area contributed by atoms with Gasteiger partial charge in [0, 0.05) is 8.95 Å². The van der Waals surface area contributed by atoms with Crippen LogP contribution in [0.5, 0.6) is 5.75 Å². The van der Waals surface area contributed by atoms with E-state index in [-0.39, 0.29) is 0 Å². The minimum atomic E-state index is 0.322.